The predicted molar refractivity (Wildman–Crippen MR) is 91.6 cm³/mol. The number of nitrogens with zero attached hydrogens (tertiary/aromatic N) is 4. The molecule has 0 radical (unpaired) electrons. The largest absolute Gasteiger partial charge is 0.416 e. The number of aryl methyl sites for hydroxylation is 2. The predicted octanol–water partition coefficient (Wildman–Crippen LogP) is 3.49. The molecule has 0 aliphatic carbocycles. The van der Waals surface area contributed by atoms with Crippen LogP contribution in [0.5, 0.6) is 0 Å². The van der Waals surface area contributed by atoms with Crippen molar-refractivity contribution in [2.45, 2.75) is 25.6 Å². The molecule has 27 heavy (non-hydrogen) atoms. The first-order chi connectivity index (χ1) is 12.7. The molecule has 0 spiro atoms. The van der Waals surface area contributed by atoms with Crippen molar-refractivity contribution in [2.24, 2.45) is 7.05 Å². The van der Waals surface area contributed by atoms with Gasteiger partial charge in [0.05, 0.1) is 23.6 Å². The summed E-state index contributed by atoms with van der Waals surface area (Å²) in [5.41, 5.74) is 0.227. The Morgan fingerprint density at radius 2 is 2.00 bits per heavy atom. The van der Waals surface area contributed by atoms with Crippen molar-refractivity contribution in [1.82, 2.24) is 9.78 Å². The van der Waals surface area contributed by atoms with Gasteiger partial charge in [-0.2, -0.15) is 18.3 Å². The number of hydrogen-bond donors (Lipinski definition) is 0. The quantitative estimate of drug-likeness (QED) is 0.596. The molecule has 7 nitrogen and oxygen atoms in total. The SMILES string of the molecule is CCc1nn(C)c(N2CCOC(c3ccc(C(F)(F)F)cc3)C2)c1[N+](=O)[O-]. The zero-order valence-electron chi connectivity index (χ0n) is 14.9. The van der Waals surface area contributed by atoms with Crippen LogP contribution in [0.2, 0.25) is 0 Å². The van der Waals surface area contributed by atoms with E-state index in [1.165, 1.54) is 16.8 Å². The van der Waals surface area contributed by atoms with E-state index in [0.717, 1.165) is 12.1 Å². The van der Waals surface area contributed by atoms with E-state index in [1.807, 2.05) is 0 Å². The van der Waals surface area contributed by atoms with Crippen LogP contribution in [0.25, 0.3) is 0 Å². The highest BCUT2D eigenvalue weighted by Gasteiger charge is 2.34. The van der Waals surface area contributed by atoms with Gasteiger partial charge in [-0.05, 0) is 24.1 Å². The molecule has 1 fully saturated rings. The summed E-state index contributed by atoms with van der Waals surface area (Å²) in [7, 11) is 1.64. The van der Waals surface area contributed by atoms with Crippen LogP contribution < -0.4 is 4.90 Å². The lowest BCUT2D eigenvalue weighted by molar-refractivity contribution is -0.384. The van der Waals surface area contributed by atoms with Crippen LogP contribution in [-0.2, 0) is 24.4 Å². The highest BCUT2D eigenvalue weighted by atomic mass is 19.4. The second-order valence-corrected chi connectivity index (χ2v) is 6.28. The first kappa shape index (κ1) is 19.2. The van der Waals surface area contributed by atoms with Gasteiger partial charge in [0.25, 0.3) is 0 Å². The molecule has 3 rings (SSSR count). The molecule has 10 heteroatoms. The number of ether oxygens (including phenoxy) is 1. The molecular formula is C17H19F3N4O3. The number of nitro groups is 1. The third-order valence-electron chi connectivity index (χ3n) is 4.56. The van der Waals surface area contributed by atoms with Crippen molar-refractivity contribution in [3.8, 4) is 0 Å². The summed E-state index contributed by atoms with van der Waals surface area (Å²) in [5.74, 6) is 0.386. The minimum absolute atomic E-state index is 0.0342. The molecule has 2 aromatic rings. The van der Waals surface area contributed by atoms with Crippen LogP contribution in [0.4, 0.5) is 24.7 Å². The highest BCUT2D eigenvalue weighted by Crippen LogP contribution is 2.35. The first-order valence-electron chi connectivity index (χ1n) is 8.46. The number of benzene rings is 1. The van der Waals surface area contributed by atoms with Gasteiger partial charge < -0.3 is 9.64 Å². The third-order valence-corrected chi connectivity index (χ3v) is 4.56. The van der Waals surface area contributed by atoms with E-state index in [1.54, 1.807) is 18.9 Å². The summed E-state index contributed by atoms with van der Waals surface area (Å²) in [6, 6.07) is 4.79. The van der Waals surface area contributed by atoms with Crippen LogP contribution in [0, 0.1) is 10.1 Å². The van der Waals surface area contributed by atoms with Gasteiger partial charge in [0.15, 0.2) is 0 Å². The van der Waals surface area contributed by atoms with E-state index >= 15 is 0 Å². The Labute approximate surface area is 153 Å². The molecule has 1 aliphatic rings. The second-order valence-electron chi connectivity index (χ2n) is 6.28. The molecule has 1 atom stereocenters. The third kappa shape index (κ3) is 3.75. The van der Waals surface area contributed by atoms with Crippen LogP contribution in [0.1, 0.15) is 29.8 Å². The molecule has 1 saturated heterocycles. The van der Waals surface area contributed by atoms with Gasteiger partial charge in [-0.15, -0.1) is 0 Å². The molecular weight excluding hydrogens is 365 g/mol. The van der Waals surface area contributed by atoms with Crippen LogP contribution in [0.3, 0.4) is 0 Å². The average Bonchev–Trinajstić information content (AvgIpc) is 2.98. The molecule has 2 heterocycles. The van der Waals surface area contributed by atoms with Crippen molar-refractivity contribution in [2.75, 3.05) is 24.6 Å². The fourth-order valence-corrected chi connectivity index (χ4v) is 3.27. The summed E-state index contributed by atoms with van der Waals surface area (Å²) in [5, 5.41) is 15.8. The van der Waals surface area contributed by atoms with Crippen molar-refractivity contribution in [3.63, 3.8) is 0 Å². The Bertz CT molecular complexity index is 833. The van der Waals surface area contributed by atoms with Crippen molar-refractivity contribution >= 4 is 11.5 Å². The molecule has 0 bridgehead atoms. The Morgan fingerprint density at radius 1 is 1.33 bits per heavy atom. The Kier molecular flexibility index (Phi) is 5.09. The van der Waals surface area contributed by atoms with E-state index in [0.29, 0.717) is 36.6 Å². The minimum Gasteiger partial charge on any atom is -0.370 e. The molecule has 146 valence electrons. The summed E-state index contributed by atoms with van der Waals surface area (Å²) >= 11 is 0. The monoisotopic (exact) mass is 384 g/mol. The summed E-state index contributed by atoms with van der Waals surface area (Å²) < 4.78 is 45.4. The Morgan fingerprint density at radius 3 is 2.56 bits per heavy atom. The van der Waals surface area contributed by atoms with Crippen LogP contribution in [0.15, 0.2) is 24.3 Å². The normalized spacial score (nSPS) is 18.0. The van der Waals surface area contributed by atoms with Crippen LogP contribution in [-0.4, -0.2) is 34.4 Å². The van der Waals surface area contributed by atoms with Crippen LogP contribution >= 0.6 is 0 Å². The van der Waals surface area contributed by atoms with Crippen molar-refractivity contribution < 1.29 is 22.8 Å². The van der Waals surface area contributed by atoms with E-state index in [4.69, 9.17) is 4.74 Å². The van der Waals surface area contributed by atoms with Gasteiger partial charge >= 0.3 is 11.9 Å². The van der Waals surface area contributed by atoms with Gasteiger partial charge in [-0.25, -0.2) is 4.68 Å². The second kappa shape index (κ2) is 7.18. The maximum atomic E-state index is 12.7. The molecule has 0 amide bonds. The van der Waals surface area contributed by atoms with Gasteiger partial charge in [0, 0.05) is 13.6 Å². The lowest BCUT2D eigenvalue weighted by Gasteiger charge is -2.34. The van der Waals surface area contributed by atoms with Gasteiger partial charge in [-0.3, -0.25) is 10.1 Å². The number of alkyl halides is 3. The molecule has 1 aromatic carbocycles. The number of hydrogen-bond acceptors (Lipinski definition) is 5. The maximum Gasteiger partial charge on any atom is 0.416 e. The average molecular weight is 384 g/mol. The van der Waals surface area contributed by atoms with E-state index in [-0.39, 0.29) is 12.2 Å². The summed E-state index contributed by atoms with van der Waals surface area (Å²) in [6.45, 7) is 2.81. The molecule has 1 aliphatic heterocycles. The summed E-state index contributed by atoms with van der Waals surface area (Å²) in [6.07, 6.45) is -4.46. The number of halogens is 3. The van der Waals surface area contributed by atoms with Crippen molar-refractivity contribution in [3.05, 3.63) is 51.2 Å². The number of rotatable bonds is 4. The van der Waals surface area contributed by atoms with E-state index in [2.05, 4.69) is 5.10 Å². The number of morpholine rings is 1. The van der Waals surface area contributed by atoms with Gasteiger partial charge in [0.1, 0.15) is 11.8 Å². The summed E-state index contributed by atoms with van der Waals surface area (Å²) in [4.78, 5) is 12.9. The zero-order valence-corrected chi connectivity index (χ0v) is 14.9. The molecule has 1 unspecified atom stereocenters. The fourth-order valence-electron chi connectivity index (χ4n) is 3.27. The highest BCUT2D eigenvalue weighted by molar-refractivity contribution is 5.62. The Hall–Kier alpha value is -2.62. The van der Waals surface area contributed by atoms with Gasteiger partial charge in [-0.1, -0.05) is 19.1 Å². The minimum atomic E-state index is -4.40. The molecule has 0 saturated carbocycles. The topological polar surface area (TPSA) is 73.4 Å². The van der Waals surface area contributed by atoms with E-state index < -0.39 is 22.8 Å². The molecule has 0 N–H and O–H groups in total. The first-order valence-corrected chi connectivity index (χ1v) is 8.46. The Balaban J connectivity index is 1.87. The smallest absolute Gasteiger partial charge is 0.370 e. The number of aromatic nitrogens is 2. The van der Waals surface area contributed by atoms with E-state index in [9.17, 15) is 23.3 Å². The maximum absolute atomic E-state index is 12.7. The molecule has 1 aromatic heterocycles. The lowest BCUT2D eigenvalue weighted by atomic mass is 10.0. The fraction of sp³-hybridized carbons (Fsp3) is 0.471. The van der Waals surface area contributed by atoms with Crippen molar-refractivity contribution in [1.29, 1.82) is 0 Å². The zero-order chi connectivity index (χ0) is 19.8. The lowest BCUT2D eigenvalue weighted by Crippen LogP contribution is -2.39. The van der Waals surface area contributed by atoms with Gasteiger partial charge in [0.2, 0.25) is 5.82 Å². The standard InChI is InChI=1S/C17H19F3N4O3/c1-3-13-15(24(25)26)16(22(2)21-13)23-8-9-27-14(10-23)11-4-6-12(7-5-11)17(18,19)20/h4-7,14H,3,8-10H2,1-2H3. The number of anilines is 1.